The van der Waals surface area contributed by atoms with Crippen molar-refractivity contribution in [3.8, 4) is 0 Å². The highest BCUT2D eigenvalue weighted by molar-refractivity contribution is 4.84. The minimum Gasteiger partial charge on any atom is -0.395 e. The van der Waals surface area contributed by atoms with Crippen molar-refractivity contribution in [1.29, 1.82) is 0 Å². The van der Waals surface area contributed by atoms with Gasteiger partial charge < -0.3 is 10.0 Å². The minimum atomic E-state index is 0.271. The fourth-order valence-electron chi connectivity index (χ4n) is 2.54. The van der Waals surface area contributed by atoms with Crippen LogP contribution in [-0.2, 0) is 0 Å². The Morgan fingerprint density at radius 1 is 1.43 bits per heavy atom. The number of likely N-dealkylation sites (N-methyl/N-ethyl adjacent to an activating group) is 1. The smallest absolute Gasteiger partial charge is 0.0599 e. The maximum absolute atomic E-state index is 9.40. The average Bonchev–Trinajstić information content (AvgIpc) is 2.25. The molecular formula is C11H24N2O. The van der Waals surface area contributed by atoms with Crippen LogP contribution in [0.2, 0.25) is 0 Å². The number of aliphatic hydroxyl groups excluding tert-OH is 1. The zero-order valence-electron chi connectivity index (χ0n) is 9.90. The van der Waals surface area contributed by atoms with Gasteiger partial charge in [0.1, 0.15) is 0 Å². The van der Waals surface area contributed by atoms with E-state index in [9.17, 15) is 5.11 Å². The van der Waals surface area contributed by atoms with Gasteiger partial charge in [-0.3, -0.25) is 4.90 Å². The average molecular weight is 200 g/mol. The van der Waals surface area contributed by atoms with Crippen LogP contribution in [0, 0.1) is 0 Å². The largest absolute Gasteiger partial charge is 0.395 e. The lowest BCUT2D eigenvalue weighted by molar-refractivity contribution is 0.0630. The molecule has 3 heteroatoms. The summed E-state index contributed by atoms with van der Waals surface area (Å²) in [6, 6.07) is 1.41. The molecule has 0 radical (unpaired) electrons. The Labute approximate surface area is 87.7 Å². The maximum Gasteiger partial charge on any atom is 0.0599 e. The highest BCUT2D eigenvalue weighted by Crippen LogP contribution is 2.18. The van der Waals surface area contributed by atoms with Crippen molar-refractivity contribution in [1.82, 2.24) is 9.80 Å². The lowest BCUT2D eigenvalue weighted by Crippen LogP contribution is -2.49. The molecule has 0 aromatic heterocycles. The molecule has 2 unspecified atom stereocenters. The first-order valence-electron chi connectivity index (χ1n) is 5.63. The number of nitrogens with zero attached hydrogens (tertiary/aromatic N) is 2. The van der Waals surface area contributed by atoms with E-state index in [-0.39, 0.29) is 6.61 Å². The summed E-state index contributed by atoms with van der Waals surface area (Å²) >= 11 is 0. The molecule has 3 nitrogen and oxygen atoms in total. The van der Waals surface area contributed by atoms with E-state index in [4.69, 9.17) is 0 Å². The lowest BCUT2D eigenvalue weighted by atomic mass is 10.1. The van der Waals surface area contributed by atoms with E-state index in [1.54, 1.807) is 0 Å². The first-order chi connectivity index (χ1) is 6.56. The number of rotatable bonds is 2. The van der Waals surface area contributed by atoms with Gasteiger partial charge in [0.2, 0.25) is 0 Å². The molecule has 14 heavy (non-hydrogen) atoms. The molecule has 1 N–H and O–H groups in total. The van der Waals surface area contributed by atoms with Crippen LogP contribution in [0.5, 0.6) is 0 Å². The van der Waals surface area contributed by atoms with Gasteiger partial charge in [0.15, 0.2) is 0 Å². The molecule has 0 aromatic carbocycles. The molecule has 1 aliphatic rings. The van der Waals surface area contributed by atoms with E-state index < -0.39 is 0 Å². The van der Waals surface area contributed by atoms with Gasteiger partial charge in [0.05, 0.1) is 6.61 Å². The molecule has 0 saturated carbocycles. The van der Waals surface area contributed by atoms with E-state index in [1.165, 1.54) is 6.42 Å². The fraction of sp³-hybridized carbons (Fsp3) is 1.00. The van der Waals surface area contributed by atoms with Crippen LogP contribution >= 0.6 is 0 Å². The summed E-state index contributed by atoms with van der Waals surface area (Å²) in [5.74, 6) is 0. The highest BCUT2D eigenvalue weighted by Gasteiger charge is 2.29. The van der Waals surface area contributed by atoms with Gasteiger partial charge in [0.25, 0.3) is 0 Å². The summed E-state index contributed by atoms with van der Waals surface area (Å²) in [6.45, 7) is 9.09. The Balaban J connectivity index is 2.73. The summed E-state index contributed by atoms with van der Waals surface area (Å²) in [4.78, 5) is 4.77. The Morgan fingerprint density at radius 2 is 2.07 bits per heavy atom. The van der Waals surface area contributed by atoms with Gasteiger partial charge in [-0.1, -0.05) is 0 Å². The van der Waals surface area contributed by atoms with Crippen LogP contribution in [0.15, 0.2) is 0 Å². The molecule has 0 bridgehead atoms. The first kappa shape index (κ1) is 12.0. The zero-order chi connectivity index (χ0) is 10.7. The van der Waals surface area contributed by atoms with Gasteiger partial charge in [0, 0.05) is 24.7 Å². The molecule has 1 aliphatic heterocycles. The Morgan fingerprint density at radius 3 is 2.57 bits per heavy atom. The summed E-state index contributed by atoms with van der Waals surface area (Å²) in [5, 5.41) is 9.40. The topological polar surface area (TPSA) is 26.7 Å². The summed E-state index contributed by atoms with van der Waals surface area (Å²) in [7, 11) is 2.14. The van der Waals surface area contributed by atoms with Crippen molar-refractivity contribution in [2.24, 2.45) is 0 Å². The van der Waals surface area contributed by atoms with Gasteiger partial charge in [-0.05, 0) is 40.8 Å². The van der Waals surface area contributed by atoms with Crippen molar-refractivity contribution in [3.05, 3.63) is 0 Å². The minimum absolute atomic E-state index is 0.271. The van der Waals surface area contributed by atoms with Crippen LogP contribution in [0.1, 0.15) is 27.2 Å². The standard InChI is InChI=1S/C11H24N2O/c1-9(2)13-10(3)5-6-12(4)7-11(13)8-14/h9-11,14H,5-8H2,1-4H3. The van der Waals surface area contributed by atoms with Crippen LogP contribution in [-0.4, -0.2) is 59.8 Å². The quantitative estimate of drug-likeness (QED) is 0.713. The van der Waals surface area contributed by atoms with Crippen LogP contribution < -0.4 is 0 Å². The van der Waals surface area contributed by atoms with Crippen LogP contribution in [0.3, 0.4) is 0 Å². The van der Waals surface area contributed by atoms with E-state index in [2.05, 4.69) is 37.6 Å². The molecule has 1 rings (SSSR count). The monoisotopic (exact) mass is 200 g/mol. The Hall–Kier alpha value is -0.120. The summed E-state index contributed by atoms with van der Waals surface area (Å²) < 4.78 is 0. The molecule has 0 spiro atoms. The molecule has 0 aliphatic carbocycles. The normalized spacial score (nSPS) is 32.1. The van der Waals surface area contributed by atoms with Gasteiger partial charge in [-0.15, -0.1) is 0 Å². The lowest BCUT2D eigenvalue weighted by Gasteiger charge is -2.37. The zero-order valence-corrected chi connectivity index (χ0v) is 9.90. The van der Waals surface area contributed by atoms with Crippen molar-refractivity contribution < 1.29 is 5.11 Å². The van der Waals surface area contributed by atoms with Crippen molar-refractivity contribution >= 4 is 0 Å². The predicted octanol–water partition coefficient (Wildman–Crippen LogP) is 0.782. The predicted molar refractivity (Wildman–Crippen MR) is 59.4 cm³/mol. The molecule has 1 saturated heterocycles. The molecule has 2 atom stereocenters. The Kier molecular flexibility index (Phi) is 4.35. The molecular weight excluding hydrogens is 176 g/mol. The SMILES string of the molecule is CC(C)N1C(C)CCN(C)CC1CO. The number of hydrogen-bond donors (Lipinski definition) is 1. The summed E-state index contributed by atoms with van der Waals surface area (Å²) in [5.41, 5.74) is 0. The molecule has 1 fully saturated rings. The third-order valence-corrected chi connectivity index (χ3v) is 3.19. The van der Waals surface area contributed by atoms with Crippen molar-refractivity contribution in [2.45, 2.75) is 45.3 Å². The van der Waals surface area contributed by atoms with Gasteiger partial charge in [-0.2, -0.15) is 0 Å². The highest BCUT2D eigenvalue weighted by atomic mass is 16.3. The van der Waals surface area contributed by atoms with E-state index in [1.807, 2.05) is 0 Å². The second-order valence-electron chi connectivity index (χ2n) is 4.78. The third-order valence-electron chi connectivity index (χ3n) is 3.19. The summed E-state index contributed by atoms with van der Waals surface area (Å²) in [6.07, 6.45) is 1.20. The van der Waals surface area contributed by atoms with Gasteiger partial charge in [-0.25, -0.2) is 0 Å². The maximum atomic E-state index is 9.40. The molecule has 84 valence electrons. The van der Waals surface area contributed by atoms with Crippen molar-refractivity contribution in [3.63, 3.8) is 0 Å². The van der Waals surface area contributed by atoms with E-state index >= 15 is 0 Å². The van der Waals surface area contributed by atoms with Gasteiger partial charge >= 0.3 is 0 Å². The van der Waals surface area contributed by atoms with E-state index in [0.29, 0.717) is 18.1 Å². The fourth-order valence-corrected chi connectivity index (χ4v) is 2.54. The second-order valence-corrected chi connectivity index (χ2v) is 4.78. The Bertz CT molecular complexity index is 173. The van der Waals surface area contributed by atoms with Crippen molar-refractivity contribution in [2.75, 3.05) is 26.7 Å². The van der Waals surface area contributed by atoms with E-state index in [0.717, 1.165) is 13.1 Å². The molecule has 0 aromatic rings. The molecule has 1 heterocycles. The number of aliphatic hydroxyl groups is 1. The van der Waals surface area contributed by atoms with Crippen LogP contribution in [0.4, 0.5) is 0 Å². The molecule has 0 amide bonds. The number of hydrogen-bond acceptors (Lipinski definition) is 3. The third kappa shape index (κ3) is 2.69. The van der Waals surface area contributed by atoms with Crippen LogP contribution in [0.25, 0.3) is 0 Å². The first-order valence-corrected chi connectivity index (χ1v) is 5.63. The second kappa shape index (κ2) is 5.10.